The zero-order chi connectivity index (χ0) is 31.2. The number of ketones is 1. The zero-order valence-corrected chi connectivity index (χ0v) is 26.5. The number of nitrogens with zero attached hydrogens (tertiary/aromatic N) is 3. The fourth-order valence-electron chi connectivity index (χ4n) is 5.99. The fraction of sp³-hybridized carbons (Fsp3) is 0.273. The third-order valence-corrected chi connectivity index (χ3v) is 9.00. The molecule has 3 aromatic carbocycles. The number of hydrogen-bond acceptors (Lipinski definition) is 7. The number of nitriles is 1. The number of benzene rings is 3. The van der Waals surface area contributed by atoms with Crippen molar-refractivity contribution in [3.8, 4) is 11.8 Å². The highest BCUT2D eigenvalue weighted by Crippen LogP contribution is 2.51. The van der Waals surface area contributed by atoms with Gasteiger partial charge in [-0.25, -0.2) is 0 Å². The molecule has 0 fully saturated rings. The summed E-state index contributed by atoms with van der Waals surface area (Å²) in [6.07, 6.45) is 0.766. The van der Waals surface area contributed by atoms with Crippen LogP contribution < -0.4 is 15.4 Å². The summed E-state index contributed by atoms with van der Waals surface area (Å²) in [5.74, 6) is 0.0335. The number of nitrogens with two attached hydrogens (primary N) is 1. The smallest absolute Gasteiger partial charge is 0.289 e. The second-order valence-corrected chi connectivity index (χ2v) is 13.0. The standard InChI is InChI=1S/C33H30BrClN4O4/c1-18-11-19(2)22(12-20(18)17-43-29-8-6-5-7-24(29)34)30-23(16-36)32(37)38(21-9-10-25(35)26(13-21)39(41)42)27-14-33(3,4)15-28(40)31(27)30/h5-13,30H,14-15,17,37H2,1-4H3. The summed E-state index contributed by atoms with van der Waals surface area (Å²) in [6, 6.07) is 18.3. The van der Waals surface area contributed by atoms with Crippen molar-refractivity contribution in [1.82, 2.24) is 0 Å². The van der Waals surface area contributed by atoms with Crippen LogP contribution in [0, 0.1) is 40.7 Å². The minimum atomic E-state index is -0.704. The van der Waals surface area contributed by atoms with Crippen LogP contribution in [0.1, 0.15) is 54.9 Å². The molecule has 5 rings (SSSR count). The van der Waals surface area contributed by atoms with Crippen molar-refractivity contribution in [2.75, 3.05) is 4.90 Å². The van der Waals surface area contributed by atoms with Crippen molar-refractivity contribution in [1.29, 1.82) is 5.26 Å². The van der Waals surface area contributed by atoms with Gasteiger partial charge < -0.3 is 10.5 Å². The number of carbonyl (C=O) groups excluding carboxylic acids is 1. The minimum Gasteiger partial charge on any atom is -0.488 e. The van der Waals surface area contributed by atoms with Crippen LogP contribution in [0.25, 0.3) is 0 Å². The average Bonchev–Trinajstić information content (AvgIpc) is 2.93. The minimum absolute atomic E-state index is 0.0199. The largest absolute Gasteiger partial charge is 0.488 e. The van der Waals surface area contributed by atoms with Crippen molar-refractivity contribution in [3.63, 3.8) is 0 Å². The molecule has 0 amide bonds. The van der Waals surface area contributed by atoms with Crippen molar-refractivity contribution in [2.45, 2.75) is 53.1 Å². The van der Waals surface area contributed by atoms with E-state index in [0.29, 0.717) is 35.5 Å². The van der Waals surface area contributed by atoms with Gasteiger partial charge in [0.25, 0.3) is 5.69 Å². The molecule has 1 heterocycles. The van der Waals surface area contributed by atoms with Gasteiger partial charge in [0.15, 0.2) is 5.78 Å². The number of halogens is 2. The zero-order valence-electron chi connectivity index (χ0n) is 24.2. The Morgan fingerprint density at radius 3 is 2.56 bits per heavy atom. The summed E-state index contributed by atoms with van der Waals surface area (Å²) >= 11 is 9.64. The van der Waals surface area contributed by atoms with E-state index in [0.717, 1.165) is 26.7 Å². The van der Waals surface area contributed by atoms with Gasteiger partial charge in [0.05, 0.1) is 32.6 Å². The van der Waals surface area contributed by atoms with Crippen molar-refractivity contribution in [3.05, 3.63) is 119 Å². The Morgan fingerprint density at radius 1 is 1.16 bits per heavy atom. The average molecular weight is 662 g/mol. The molecular formula is C33H30BrClN4O4. The van der Waals surface area contributed by atoms with E-state index in [4.69, 9.17) is 22.1 Å². The van der Waals surface area contributed by atoms with Gasteiger partial charge in [-0.2, -0.15) is 5.26 Å². The molecule has 3 aromatic rings. The number of para-hydroxylation sites is 1. The Morgan fingerprint density at radius 2 is 1.88 bits per heavy atom. The normalized spacial score (nSPS) is 17.9. The first-order valence-corrected chi connectivity index (χ1v) is 14.9. The molecule has 0 bridgehead atoms. The van der Waals surface area contributed by atoms with E-state index in [2.05, 4.69) is 22.0 Å². The van der Waals surface area contributed by atoms with E-state index in [1.807, 2.05) is 64.1 Å². The summed E-state index contributed by atoms with van der Waals surface area (Å²) in [5, 5.41) is 22.2. The first kappa shape index (κ1) is 30.3. The number of anilines is 1. The van der Waals surface area contributed by atoms with E-state index >= 15 is 0 Å². The molecule has 220 valence electrons. The Kier molecular flexibility index (Phi) is 8.12. The predicted octanol–water partition coefficient (Wildman–Crippen LogP) is 8.15. The van der Waals surface area contributed by atoms with Gasteiger partial charge in [0, 0.05) is 23.8 Å². The third-order valence-electron chi connectivity index (χ3n) is 8.02. The second kappa shape index (κ2) is 11.5. The Hall–Kier alpha value is -4.13. The van der Waals surface area contributed by atoms with Gasteiger partial charge in [0.1, 0.15) is 23.2 Å². The number of nitro groups is 1. The number of carbonyl (C=O) groups is 1. The summed E-state index contributed by atoms with van der Waals surface area (Å²) in [5.41, 5.74) is 11.4. The predicted molar refractivity (Wildman–Crippen MR) is 170 cm³/mol. The first-order valence-electron chi connectivity index (χ1n) is 13.7. The highest BCUT2D eigenvalue weighted by atomic mass is 79.9. The van der Waals surface area contributed by atoms with Crippen LogP contribution in [0.3, 0.4) is 0 Å². The van der Waals surface area contributed by atoms with Crippen LogP contribution in [0.15, 0.2) is 81.7 Å². The quantitative estimate of drug-likeness (QED) is 0.209. The molecule has 2 N–H and O–H groups in total. The summed E-state index contributed by atoms with van der Waals surface area (Å²) < 4.78 is 6.96. The van der Waals surface area contributed by atoms with Crippen LogP contribution in [-0.2, 0) is 11.4 Å². The maximum absolute atomic E-state index is 14.0. The maximum atomic E-state index is 14.0. The third kappa shape index (κ3) is 5.65. The van der Waals surface area contributed by atoms with E-state index in [-0.39, 0.29) is 34.5 Å². The molecule has 0 radical (unpaired) electrons. The van der Waals surface area contributed by atoms with Gasteiger partial charge in [-0.1, -0.05) is 49.7 Å². The fourth-order valence-corrected chi connectivity index (χ4v) is 6.58. The lowest BCUT2D eigenvalue weighted by Crippen LogP contribution is -2.42. The van der Waals surface area contributed by atoms with Gasteiger partial charge in [-0.15, -0.1) is 0 Å². The number of rotatable bonds is 6. The van der Waals surface area contributed by atoms with E-state index < -0.39 is 16.3 Å². The molecule has 10 heteroatoms. The molecular weight excluding hydrogens is 632 g/mol. The summed E-state index contributed by atoms with van der Waals surface area (Å²) in [4.78, 5) is 26.8. The van der Waals surface area contributed by atoms with Crippen molar-refractivity contribution in [2.24, 2.45) is 11.1 Å². The molecule has 0 saturated carbocycles. The van der Waals surface area contributed by atoms with Gasteiger partial charge in [-0.3, -0.25) is 19.8 Å². The van der Waals surface area contributed by atoms with Crippen LogP contribution in [0.5, 0.6) is 5.75 Å². The topological polar surface area (TPSA) is 122 Å². The van der Waals surface area contributed by atoms with Crippen LogP contribution in [-0.4, -0.2) is 10.7 Å². The molecule has 0 spiro atoms. The molecule has 0 aromatic heterocycles. The molecule has 2 aliphatic rings. The molecule has 1 unspecified atom stereocenters. The number of nitro benzene ring substituents is 1. The monoisotopic (exact) mass is 660 g/mol. The van der Waals surface area contributed by atoms with Crippen LogP contribution >= 0.6 is 27.5 Å². The lowest BCUT2D eigenvalue weighted by atomic mass is 9.68. The van der Waals surface area contributed by atoms with E-state index in [9.17, 15) is 20.2 Å². The Labute approximate surface area is 263 Å². The van der Waals surface area contributed by atoms with Gasteiger partial charge in [-0.05, 0) is 88.1 Å². The van der Waals surface area contributed by atoms with Crippen LogP contribution in [0.4, 0.5) is 11.4 Å². The van der Waals surface area contributed by atoms with E-state index in [1.165, 1.54) is 12.1 Å². The first-order chi connectivity index (χ1) is 20.3. The highest BCUT2D eigenvalue weighted by molar-refractivity contribution is 9.10. The molecule has 1 atom stereocenters. The van der Waals surface area contributed by atoms with E-state index in [1.54, 1.807) is 11.0 Å². The number of allylic oxidation sites excluding steroid dienone is 3. The molecule has 1 aliphatic carbocycles. The highest BCUT2D eigenvalue weighted by Gasteiger charge is 2.45. The SMILES string of the molecule is Cc1cc(C)c(C2C(C#N)=C(N)N(c3ccc(Cl)c([N+](=O)[O-])c3)C3=C2C(=O)CC(C)(C)C3)cc1COc1ccccc1Br. The maximum Gasteiger partial charge on any atom is 0.289 e. The molecule has 1 aliphatic heterocycles. The molecule has 0 saturated heterocycles. The van der Waals surface area contributed by atoms with Crippen molar-refractivity contribution >= 4 is 44.7 Å². The number of hydrogen-bond donors (Lipinski definition) is 1. The second-order valence-electron chi connectivity index (χ2n) is 11.7. The van der Waals surface area contributed by atoms with Gasteiger partial charge in [0.2, 0.25) is 0 Å². The summed E-state index contributed by atoms with van der Waals surface area (Å²) in [7, 11) is 0. The Bertz CT molecular complexity index is 1790. The molecule has 43 heavy (non-hydrogen) atoms. The molecule has 8 nitrogen and oxygen atoms in total. The van der Waals surface area contributed by atoms with Crippen LogP contribution in [0.2, 0.25) is 5.02 Å². The summed E-state index contributed by atoms with van der Waals surface area (Å²) in [6.45, 7) is 8.24. The number of aryl methyl sites for hydroxylation is 2. The van der Waals surface area contributed by atoms with Crippen molar-refractivity contribution < 1.29 is 14.5 Å². The number of ether oxygens (including phenoxy) is 1. The number of Topliss-reactive ketones (excluding diaryl/α,β-unsaturated/α-hetero) is 1. The lowest BCUT2D eigenvalue weighted by molar-refractivity contribution is -0.384. The Balaban J connectivity index is 1.69. The van der Waals surface area contributed by atoms with Gasteiger partial charge >= 0.3 is 0 Å². The lowest BCUT2D eigenvalue weighted by Gasteiger charge is -2.44.